The summed E-state index contributed by atoms with van der Waals surface area (Å²) < 4.78 is 6.00. The molecule has 0 aliphatic heterocycles. The maximum absolute atomic E-state index is 12.6. The molecule has 0 heterocycles. The van der Waals surface area contributed by atoms with Crippen LogP contribution >= 0.6 is 0 Å². The molecular weight excluding hydrogens is 617 g/mol. The maximum atomic E-state index is 12.6. The number of rotatable bonds is 38. The van der Waals surface area contributed by atoms with Crippen LogP contribution in [-0.4, -0.2) is 23.1 Å². The third-order valence-corrected chi connectivity index (χ3v) is 9.25. The van der Waals surface area contributed by atoms with Gasteiger partial charge in [-0.05, 0) is 83.5 Å². The predicted molar refractivity (Wildman–Crippen MR) is 218 cm³/mol. The largest absolute Gasteiger partial charge is 0.481 e. The summed E-state index contributed by atoms with van der Waals surface area (Å²) in [7, 11) is 0. The first-order valence-electron chi connectivity index (χ1n) is 21.3. The molecule has 288 valence electrons. The van der Waals surface area contributed by atoms with E-state index in [-0.39, 0.29) is 12.1 Å². The van der Waals surface area contributed by atoms with E-state index in [4.69, 9.17) is 9.84 Å². The van der Waals surface area contributed by atoms with E-state index in [0.717, 1.165) is 77.0 Å². The maximum Gasteiger partial charge on any atom is 0.306 e. The Labute approximate surface area is 310 Å². The van der Waals surface area contributed by atoms with Crippen LogP contribution in [0.1, 0.15) is 213 Å². The van der Waals surface area contributed by atoms with Crippen LogP contribution in [0.25, 0.3) is 0 Å². The van der Waals surface area contributed by atoms with Gasteiger partial charge in [0, 0.05) is 12.8 Å². The normalized spacial score (nSPS) is 12.8. The van der Waals surface area contributed by atoms with Crippen LogP contribution in [0, 0.1) is 0 Å². The highest BCUT2D eigenvalue weighted by atomic mass is 16.5. The Morgan fingerprint density at radius 3 is 1.30 bits per heavy atom. The molecule has 0 spiro atoms. The quantitative estimate of drug-likeness (QED) is 0.0396. The predicted octanol–water partition coefficient (Wildman–Crippen LogP) is 14.9. The van der Waals surface area contributed by atoms with E-state index in [0.29, 0.717) is 12.8 Å². The Bertz CT molecular complexity index is 881. The lowest BCUT2D eigenvalue weighted by Gasteiger charge is -2.18. The zero-order valence-electron chi connectivity index (χ0n) is 32.9. The highest BCUT2D eigenvalue weighted by Gasteiger charge is 2.14. The highest BCUT2D eigenvalue weighted by molar-refractivity contribution is 5.69. The van der Waals surface area contributed by atoms with Crippen LogP contribution in [0.5, 0.6) is 0 Å². The molecule has 1 N–H and O–H groups in total. The van der Waals surface area contributed by atoms with Crippen molar-refractivity contribution in [3.63, 3.8) is 0 Å². The van der Waals surface area contributed by atoms with Gasteiger partial charge in [0.05, 0.1) is 0 Å². The average molecular weight is 697 g/mol. The molecule has 0 aromatic carbocycles. The number of carbonyl (C=O) groups is 2. The summed E-state index contributed by atoms with van der Waals surface area (Å²) >= 11 is 0. The van der Waals surface area contributed by atoms with Crippen molar-refractivity contribution in [2.75, 3.05) is 0 Å². The number of carboxylic acids is 1. The third-order valence-electron chi connectivity index (χ3n) is 9.25. The number of hydrogen-bond donors (Lipinski definition) is 1. The smallest absolute Gasteiger partial charge is 0.306 e. The molecule has 0 fully saturated rings. The van der Waals surface area contributed by atoms with Gasteiger partial charge in [0.1, 0.15) is 6.10 Å². The number of unbranched alkanes of at least 4 members (excludes halogenated alkanes) is 19. The standard InChI is InChI=1S/C46H80O4/c1-3-5-7-9-10-11-12-13-14-15-16-17-18-19-20-21-26-29-32-35-39-43-46(49)50-44(40-36-8-6-4-2)41-37-33-30-27-24-22-23-25-28-31-34-38-42-45(47)48/h5,7,10-11,13-14,16-17,19-20,44H,3-4,6,8-9,12,15,18,21-43H2,1-2H3,(H,47,48)/b7-5-,11-10-,14-13-,17-16-,20-19-. The van der Waals surface area contributed by atoms with Gasteiger partial charge in [0.15, 0.2) is 0 Å². The first kappa shape index (κ1) is 47.6. The molecule has 0 amide bonds. The topological polar surface area (TPSA) is 63.6 Å². The molecule has 0 aliphatic rings. The summed E-state index contributed by atoms with van der Waals surface area (Å²) in [5.41, 5.74) is 0. The summed E-state index contributed by atoms with van der Waals surface area (Å²) in [5.74, 6) is -0.652. The summed E-state index contributed by atoms with van der Waals surface area (Å²) in [6.45, 7) is 4.41. The fourth-order valence-electron chi connectivity index (χ4n) is 6.15. The van der Waals surface area contributed by atoms with E-state index in [1.807, 2.05) is 0 Å². The molecule has 1 unspecified atom stereocenters. The Morgan fingerprint density at radius 1 is 0.460 bits per heavy atom. The van der Waals surface area contributed by atoms with Crippen LogP contribution in [0.4, 0.5) is 0 Å². The van der Waals surface area contributed by atoms with Gasteiger partial charge < -0.3 is 9.84 Å². The molecule has 0 saturated carbocycles. The van der Waals surface area contributed by atoms with E-state index >= 15 is 0 Å². The number of aliphatic carboxylic acids is 1. The monoisotopic (exact) mass is 697 g/mol. The van der Waals surface area contributed by atoms with Gasteiger partial charge in [-0.1, -0.05) is 177 Å². The van der Waals surface area contributed by atoms with Gasteiger partial charge in [0.2, 0.25) is 0 Å². The number of carbonyl (C=O) groups excluding carboxylic acids is 1. The van der Waals surface area contributed by atoms with Crippen molar-refractivity contribution in [3.8, 4) is 0 Å². The van der Waals surface area contributed by atoms with Crippen molar-refractivity contribution < 1.29 is 19.4 Å². The van der Waals surface area contributed by atoms with Crippen LogP contribution in [0.3, 0.4) is 0 Å². The molecular formula is C46H80O4. The molecule has 0 aliphatic carbocycles. The molecule has 0 aromatic heterocycles. The zero-order chi connectivity index (χ0) is 36.4. The van der Waals surface area contributed by atoms with E-state index in [2.05, 4.69) is 74.6 Å². The summed E-state index contributed by atoms with van der Waals surface area (Å²) in [4.78, 5) is 23.2. The molecule has 50 heavy (non-hydrogen) atoms. The van der Waals surface area contributed by atoms with Gasteiger partial charge >= 0.3 is 11.9 Å². The lowest BCUT2D eigenvalue weighted by molar-refractivity contribution is -0.150. The van der Waals surface area contributed by atoms with Crippen LogP contribution in [-0.2, 0) is 14.3 Å². The van der Waals surface area contributed by atoms with Gasteiger partial charge in [0.25, 0.3) is 0 Å². The third kappa shape index (κ3) is 40.1. The molecule has 0 radical (unpaired) electrons. The number of allylic oxidation sites excluding steroid dienone is 10. The minimum atomic E-state index is -0.672. The number of hydrogen-bond acceptors (Lipinski definition) is 3. The van der Waals surface area contributed by atoms with Crippen LogP contribution in [0.15, 0.2) is 60.8 Å². The Hall–Kier alpha value is -2.36. The molecule has 0 rings (SSSR count). The lowest BCUT2D eigenvalue weighted by Crippen LogP contribution is -2.18. The first-order valence-corrected chi connectivity index (χ1v) is 21.3. The van der Waals surface area contributed by atoms with E-state index in [1.165, 1.54) is 109 Å². The number of carboxylic acid groups (broad SMARTS) is 1. The fourth-order valence-corrected chi connectivity index (χ4v) is 6.15. The van der Waals surface area contributed by atoms with Crippen LogP contribution < -0.4 is 0 Å². The Balaban J connectivity index is 3.85. The Morgan fingerprint density at radius 2 is 0.840 bits per heavy atom. The van der Waals surface area contributed by atoms with Crippen molar-refractivity contribution >= 4 is 11.9 Å². The zero-order valence-corrected chi connectivity index (χ0v) is 32.9. The lowest BCUT2D eigenvalue weighted by atomic mass is 10.0. The number of ether oxygens (including phenoxy) is 1. The van der Waals surface area contributed by atoms with E-state index in [1.54, 1.807) is 0 Å². The second-order valence-corrected chi connectivity index (χ2v) is 14.2. The Kier molecular flexibility index (Phi) is 39.1. The van der Waals surface area contributed by atoms with Crippen LogP contribution in [0.2, 0.25) is 0 Å². The van der Waals surface area contributed by atoms with Gasteiger partial charge in [-0.15, -0.1) is 0 Å². The van der Waals surface area contributed by atoms with Crippen molar-refractivity contribution in [2.45, 2.75) is 219 Å². The molecule has 0 saturated heterocycles. The summed E-state index contributed by atoms with van der Waals surface area (Å²) in [6.07, 6.45) is 57.0. The molecule has 0 aromatic rings. The molecule has 1 atom stereocenters. The number of esters is 1. The van der Waals surface area contributed by atoms with E-state index in [9.17, 15) is 9.59 Å². The second-order valence-electron chi connectivity index (χ2n) is 14.2. The van der Waals surface area contributed by atoms with Gasteiger partial charge in [-0.3, -0.25) is 9.59 Å². The fraction of sp³-hybridized carbons (Fsp3) is 0.739. The van der Waals surface area contributed by atoms with Crippen molar-refractivity contribution in [2.24, 2.45) is 0 Å². The van der Waals surface area contributed by atoms with Crippen molar-refractivity contribution in [3.05, 3.63) is 60.8 Å². The molecule has 4 nitrogen and oxygen atoms in total. The first-order chi connectivity index (χ1) is 24.6. The van der Waals surface area contributed by atoms with Crippen molar-refractivity contribution in [1.29, 1.82) is 0 Å². The van der Waals surface area contributed by atoms with Gasteiger partial charge in [-0.2, -0.15) is 0 Å². The van der Waals surface area contributed by atoms with E-state index < -0.39 is 5.97 Å². The average Bonchev–Trinajstić information content (AvgIpc) is 3.10. The summed E-state index contributed by atoms with van der Waals surface area (Å²) in [6, 6.07) is 0. The minimum Gasteiger partial charge on any atom is -0.481 e. The molecule has 4 heteroatoms. The minimum absolute atomic E-state index is 0.0196. The highest BCUT2D eigenvalue weighted by Crippen LogP contribution is 2.18. The summed E-state index contributed by atoms with van der Waals surface area (Å²) in [5, 5.41) is 8.69. The molecule has 0 bridgehead atoms. The van der Waals surface area contributed by atoms with Crippen molar-refractivity contribution in [1.82, 2.24) is 0 Å². The second kappa shape index (κ2) is 41.1. The SMILES string of the molecule is CC/C=C\C/C=C\C/C=C\C/C=C\C/C=C\CCCCCCCC(=O)OC(CCCCCC)CCCCCCCCCCCCCCC(=O)O. The van der Waals surface area contributed by atoms with Gasteiger partial charge in [-0.25, -0.2) is 0 Å².